The van der Waals surface area contributed by atoms with E-state index in [1.165, 1.54) is 4.90 Å². The summed E-state index contributed by atoms with van der Waals surface area (Å²) in [5, 5.41) is 10.1. The van der Waals surface area contributed by atoms with Gasteiger partial charge < -0.3 is 9.84 Å². The molecule has 1 amide bonds. The predicted octanol–water partition coefficient (Wildman–Crippen LogP) is 3.27. The Labute approximate surface area is 159 Å². The lowest BCUT2D eigenvalue weighted by atomic mass is 10.1. The molecule has 0 aliphatic carbocycles. The smallest absolute Gasteiger partial charge is 0.411 e. The summed E-state index contributed by atoms with van der Waals surface area (Å²) in [6.07, 6.45) is -0.586. The van der Waals surface area contributed by atoms with Gasteiger partial charge in [0.05, 0.1) is 0 Å². The summed E-state index contributed by atoms with van der Waals surface area (Å²) < 4.78 is 5.31. The van der Waals surface area contributed by atoms with E-state index < -0.39 is 23.7 Å². The number of benzene rings is 1. The zero-order valence-corrected chi connectivity index (χ0v) is 16.1. The number of nitrogens with zero attached hydrogens (tertiary/aromatic N) is 2. The Kier molecular flexibility index (Phi) is 7.53. The third kappa shape index (κ3) is 6.38. The molecule has 1 aliphatic rings. The standard InChI is InChI=1S/C17H23ClN2O4.ClH/c1-17(2,3)24-16(23)20-8-7-19(11-14(20)15(21)22)10-12-5-4-6-13(18)9-12;/h4-6,9,14H,7-8,10-11H2,1-3H3,(H,21,22);1H. The zero-order valence-electron chi connectivity index (χ0n) is 14.6. The van der Waals surface area contributed by atoms with Crippen LogP contribution in [0.1, 0.15) is 26.3 Å². The van der Waals surface area contributed by atoms with Gasteiger partial charge in [0.15, 0.2) is 0 Å². The van der Waals surface area contributed by atoms with Crippen LogP contribution in [-0.4, -0.2) is 58.2 Å². The lowest BCUT2D eigenvalue weighted by molar-refractivity contribution is -0.145. The number of carboxylic acids is 1. The number of carbonyl (C=O) groups excluding carboxylic acids is 1. The monoisotopic (exact) mass is 390 g/mol. The molecule has 6 nitrogen and oxygen atoms in total. The highest BCUT2D eigenvalue weighted by molar-refractivity contribution is 6.30. The summed E-state index contributed by atoms with van der Waals surface area (Å²) in [5.74, 6) is -1.03. The van der Waals surface area contributed by atoms with Gasteiger partial charge in [-0.15, -0.1) is 12.4 Å². The van der Waals surface area contributed by atoms with Crippen molar-refractivity contribution in [2.24, 2.45) is 0 Å². The molecule has 0 saturated carbocycles. The lowest BCUT2D eigenvalue weighted by Crippen LogP contribution is -2.58. The van der Waals surface area contributed by atoms with Crippen molar-refractivity contribution in [3.05, 3.63) is 34.9 Å². The molecule has 0 spiro atoms. The van der Waals surface area contributed by atoms with E-state index in [4.69, 9.17) is 16.3 Å². The minimum absolute atomic E-state index is 0. The van der Waals surface area contributed by atoms with Crippen molar-refractivity contribution >= 4 is 36.1 Å². The Hall–Kier alpha value is -1.50. The number of ether oxygens (including phenoxy) is 1. The number of carbonyl (C=O) groups is 2. The van der Waals surface area contributed by atoms with Gasteiger partial charge in [0.2, 0.25) is 0 Å². The van der Waals surface area contributed by atoms with E-state index in [-0.39, 0.29) is 19.0 Å². The average molecular weight is 391 g/mol. The minimum atomic E-state index is -1.03. The molecule has 0 bridgehead atoms. The van der Waals surface area contributed by atoms with E-state index in [1.54, 1.807) is 26.8 Å². The van der Waals surface area contributed by atoms with Gasteiger partial charge in [-0.05, 0) is 38.5 Å². The SMILES string of the molecule is CC(C)(C)OC(=O)N1CCN(Cc2cccc(Cl)c2)CC1C(=O)O.Cl. The van der Waals surface area contributed by atoms with Gasteiger partial charge in [-0.2, -0.15) is 0 Å². The first-order valence-corrected chi connectivity index (χ1v) is 8.23. The molecule has 1 unspecified atom stereocenters. The third-order valence-corrected chi connectivity index (χ3v) is 3.91. The quantitative estimate of drug-likeness (QED) is 0.857. The second-order valence-corrected chi connectivity index (χ2v) is 7.33. The molecule has 0 radical (unpaired) electrons. The number of halogens is 2. The maximum Gasteiger partial charge on any atom is 0.411 e. The summed E-state index contributed by atoms with van der Waals surface area (Å²) in [6.45, 7) is 7.01. The molecule has 1 heterocycles. The van der Waals surface area contributed by atoms with Crippen molar-refractivity contribution < 1.29 is 19.4 Å². The van der Waals surface area contributed by atoms with Gasteiger partial charge in [0, 0.05) is 31.2 Å². The first kappa shape index (κ1) is 21.5. The maximum atomic E-state index is 12.2. The predicted molar refractivity (Wildman–Crippen MR) is 98.3 cm³/mol. The van der Waals surface area contributed by atoms with Crippen LogP contribution in [0.3, 0.4) is 0 Å². The fourth-order valence-corrected chi connectivity index (χ4v) is 2.84. The van der Waals surface area contributed by atoms with Gasteiger partial charge in [-0.3, -0.25) is 9.80 Å². The maximum absolute atomic E-state index is 12.2. The normalized spacial score (nSPS) is 18.4. The molecule has 2 rings (SSSR count). The summed E-state index contributed by atoms with van der Waals surface area (Å²) in [5.41, 5.74) is 0.357. The third-order valence-electron chi connectivity index (χ3n) is 3.67. The van der Waals surface area contributed by atoms with Crippen LogP contribution in [0.25, 0.3) is 0 Å². The molecular weight excluding hydrogens is 367 g/mol. The number of amides is 1. The first-order chi connectivity index (χ1) is 11.2. The van der Waals surface area contributed by atoms with Crippen molar-refractivity contribution in [2.75, 3.05) is 19.6 Å². The van der Waals surface area contributed by atoms with Gasteiger partial charge in [-0.1, -0.05) is 23.7 Å². The van der Waals surface area contributed by atoms with Crippen LogP contribution < -0.4 is 0 Å². The highest BCUT2D eigenvalue weighted by Gasteiger charge is 2.37. The fraction of sp³-hybridized carbons (Fsp3) is 0.529. The van der Waals surface area contributed by atoms with Gasteiger partial charge in [-0.25, -0.2) is 9.59 Å². The Bertz CT molecular complexity index is 619. The van der Waals surface area contributed by atoms with Gasteiger partial charge in [0.25, 0.3) is 0 Å². The molecule has 1 atom stereocenters. The summed E-state index contributed by atoms with van der Waals surface area (Å²) in [6, 6.07) is 6.54. The largest absolute Gasteiger partial charge is 0.480 e. The second-order valence-electron chi connectivity index (χ2n) is 6.89. The highest BCUT2D eigenvalue weighted by Crippen LogP contribution is 2.19. The van der Waals surface area contributed by atoms with Crippen molar-refractivity contribution in [3.63, 3.8) is 0 Å². The molecule has 140 valence electrons. The number of rotatable bonds is 3. The van der Waals surface area contributed by atoms with Crippen molar-refractivity contribution in [3.8, 4) is 0 Å². The van der Waals surface area contributed by atoms with Crippen LogP contribution in [0, 0.1) is 0 Å². The number of hydrogen-bond donors (Lipinski definition) is 1. The van der Waals surface area contributed by atoms with E-state index in [0.29, 0.717) is 24.7 Å². The first-order valence-electron chi connectivity index (χ1n) is 7.85. The summed E-state index contributed by atoms with van der Waals surface area (Å²) >= 11 is 5.99. The molecule has 1 fully saturated rings. The molecule has 1 saturated heterocycles. The number of piperazine rings is 1. The Morgan fingerprint density at radius 2 is 2.00 bits per heavy atom. The Morgan fingerprint density at radius 3 is 2.56 bits per heavy atom. The van der Waals surface area contributed by atoms with Crippen LogP contribution in [0.2, 0.25) is 5.02 Å². The molecule has 1 aliphatic heterocycles. The number of carboxylic acid groups (broad SMARTS) is 1. The molecule has 8 heteroatoms. The molecule has 0 aromatic heterocycles. The van der Waals surface area contributed by atoms with Crippen LogP contribution in [0.5, 0.6) is 0 Å². The van der Waals surface area contributed by atoms with Crippen molar-refractivity contribution in [1.82, 2.24) is 9.80 Å². The van der Waals surface area contributed by atoms with Crippen LogP contribution in [0.15, 0.2) is 24.3 Å². The number of aliphatic carboxylic acids is 1. The van der Waals surface area contributed by atoms with E-state index in [9.17, 15) is 14.7 Å². The Morgan fingerprint density at radius 1 is 1.32 bits per heavy atom. The Balaban J connectivity index is 0.00000312. The van der Waals surface area contributed by atoms with Crippen LogP contribution >= 0.6 is 24.0 Å². The van der Waals surface area contributed by atoms with Crippen molar-refractivity contribution in [1.29, 1.82) is 0 Å². The van der Waals surface area contributed by atoms with Crippen molar-refractivity contribution in [2.45, 2.75) is 39.0 Å². The van der Waals surface area contributed by atoms with Gasteiger partial charge in [0.1, 0.15) is 11.6 Å². The van der Waals surface area contributed by atoms with Crippen LogP contribution in [-0.2, 0) is 16.1 Å². The molecule has 25 heavy (non-hydrogen) atoms. The zero-order chi connectivity index (χ0) is 17.9. The molecular formula is C17H24Cl2N2O4. The van der Waals surface area contributed by atoms with Gasteiger partial charge >= 0.3 is 12.1 Å². The average Bonchev–Trinajstić information content (AvgIpc) is 2.45. The number of hydrogen-bond acceptors (Lipinski definition) is 4. The van der Waals surface area contributed by atoms with E-state index >= 15 is 0 Å². The molecule has 1 N–H and O–H groups in total. The van der Waals surface area contributed by atoms with E-state index in [0.717, 1.165) is 5.56 Å². The lowest BCUT2D eigenvalue weighted by Gasteiger charge is -2.39. The molecule has 1 aromatic carbocycles. The molecule has 1 aromatic rings. The summed E-state index contributed by atoms with van der Waals surface area (Å²) in [4.78, 5) is 27.1. The van der Waals surface area contributed by atoms with E-state index in [1.807, 2.05) is 23.1 Å². The topological polar surface area (TPSA) is 70.1 Å². The van der Waals surface area contributed by atoms with Crippen LogP contribution in [0.4, 0.5) is 4.79 Å². The fourth-order valence-electron chi connectivity index (χ4n) is 2.63. The second kappa shape index (κ2) is 8.74. The highest BCUT2D eigenvalue weighted by atomic mass is 35.5. The van der Waals surface area contributed by atoms with E-state index in [2.05, 4.69) is 0 Å². The minimum Gasteiger partial charge on any atom is -0.480 e. The summed E-state index contributed by atoms with van der Waals surface area (Å²) in [7, 11) is 0.